The van der Waals surface area contributed by atoms with E-state index in [9.17, 15) is 0 Å². The Bertz CT molecular complexity index is 239. The van der Waals surface area contributed by atoms with Crippen LogP contribution in [0.2, 0.25) is 0 Å². The van der Waals surface area contributed by atoms with Crippen LogP contribution in [0.1, 0.15) is 25.7 Å². The molecule has 0 heterocycles. The van der Waals surface area contributed by atoms with Crippen molar-refractivity contribution >= 4 is 5.84 Å². The average molecular weight is 229 g/mol. The van der Waals surface area contributed by atoms with Crippen LogP contribution >= 0.6 is 0 Å². The molecule has 0 saturated heterocycles. The van der Waals surface area contributed by atoms with Crippen molar-refractivity contribution in [2.45, 2.75) is 25.7 Å². The van der Waals surface area contributed by atoms with Gasteiger partial charge in [-0.05, 0) is 31.7 Å². The van der Waals surface area contributed by atoms with E-state index in [-0.39, 0.29) is 5.41 Å². The normalized spacial score (nSPS) is 19.1. The van der Waals surface area contributed by atoms with E-state index in [4.69, 9.17) is 15.7 Å². The van der Waals surface area contributed by atoms with Gasteiger partial charge < -0.3 is 20.6 Å². The molecule has 0 aromatic heterocycles. The van der Waals surface area contributed by atoms with E-state index in [0.29, 0.717) is 12.3 Å². The van der Waals surface area contributed by atoms with E-state index in [1.165, 1.54) is 12.8 Å². The third kappa shape index (κ3) is 4.37. The van der Waals surface area contributed by atoms with Gasteiger partial charge in [0.1, 0.15) is 5.84 Å². The number of methoxy groups -OCH3 is 1. The van der Waals surface area contributed by atoms with Gasteiger partial charge in [0.2, 0.25) is 0 Å². The third-order valence-corrected chi connectivity index (χ3v) is 3.14. The number of hydrogen-bond acceptors (Lipinski definition) is 4. The minimum atomic E-state index is 0.262. The summed E-state index contributed by atoms with van der Waals surface area (Å²) in [4.78, 5) is 2.30. The molecule has 0 amide bonds. The summed E-state index contributed by atoms with van der Waals surface area (Å²) in [7, 11) is 3.84. The predicted octanol–water partition coefficient (Wildman–Crippen LogP) is 0.871. The summed E-state index contributed by atoms with van der Waals surface area (Å²) in [6, 6.07) is 0. The van der Waals surface area contributed by atoms with E-state index < -0.39 is 0 Å². The first kappa shape index (κ1) is 13.3. The van der Waals surface area contributed by atoms with E-state index in [2.05, 4.69) is 17.1 Å². The highest BCUT2D eigenvalue weighted by Gasteiger charge is 2.43. The molecule has 94 valence electrons. The van der Waals surface area contributed by atoms with Crippen LogP contribution in [0.4, 0.5) is 0 Å². The maximum atomic E-state index is 8.57. The van der Waals surface area contributed by atoms with Crippen molar-refractivity contribution in [3.8, 4) is 0 Å². The van der Waals surface area contributed by atoms with Crippen LogP contribution in [-0.2, 0) is 4.74 Å². The molecule has 3 N–H and O–H groups in total. The molecule has 1 aliphatic rings. The van der Waals surface area contributed by atoms with Crippen LogP contribution in [0.5, 0.6) is 0 Å². The van der Waals surface area contributed by atoms with Gasteiger partial charge in [-0.2, -0.15) is 0 Å². The largest absolute Gasteiger partial charge is 0.409 e. The lowest BCUT2D eigenvalue weighted by Gasteiger charge is -2.23. The lowest BCUT2D eigenvalue weighted by molar-refractivity contribution is 0.172. The van der Waals surface area contributed by atoms with Crippen LogP contribution in [0.15, 0.2) is 5.16 Å². The van der Waals surface area contributed by atoms with Crippen LogP contribution in [-0.4, -0.2) is 49.8 Å². The molecule has 0 aromatic rings. The highest BCUT2D eigenvalue weighted by Crippen LogP contribution is 2.49. The number of hydrogen-bond donors (Lipinski definition) is 2. The molecule has 0 spiro atoms. The summed E-state index contributed by atoms with van der Waals surface area (Å²) in [6.07, 6.45) is 4.11. The van der Waals surface area contributed by atoms with Gasteiger partial charge in [-0.15, -0.1) is 0 Å². The number of amidine groups is 1. The summed E-state index contributed by atoms with van der Waals surface area (Å²) in [5.74, 6) is 0.350. The molecule has 1 rings (SSSR count). The average Bonchev–Trinajstić information content (AvgIpc) is 2.98. The molecule has 0 radical (unpaired) electrons. The van der Waals surface area contributed by atoms with Crippen molar-refractivity contribution in [1.82, 2.24) is 4.90 Å². The van der Waals surface area contributed by atoms with Crippen LogP contribution < -0.4 is 5.73 Å². The fraction of sp³-hybridized carbons (Fsp3) is 0.909. The molecule has 1 aliphatic carbocycles. The fourth-order valence-electron chi connectivity index (χ4n) is 2.12. The van der Waals surface area contributed by atoms with E-state index >= 15 is 0 Å². The lowest BCUT2D eigenvalue weighted by Crippen LogP contribution is -2.31. The van der Waals surface area contributed by atoms with E-state index in [0.717, 1.165) is 26.1 Å². The molecule has 16 heavy (non-hydrogen) atoms. The summed E-state index contributed by atoms with van der Waals surface area (Å²) >= 11 is 0. The standard InChI is InChI=1S/C11H23N3O2/c1-14(6-3-7-16-2)9-11(4-5-11)8-10(12)13-15/h15H,3-9H2,1-2H3,(H2,12,13). The first-order chi connectivity index (χ1) is 7.62. The molecule has 1 saturated carbocycles. The van der Waals surface area contributed by atoms with Gasteiger partial charge >= 0.3 is 0 Å². The lowest BCUT2D eigenvalue weighted by atomic mass is 10.0. The third-order valence-electron chi connectivity index (χ3n) is 3.14. The van der Waals surface area contributed by atoms with Crippen molar-refractivity contribution in [1.29, 1.82) is 0 Å². The zero-order valence-electron chi connectivity index (χ0n) is 10.3. The molecule has 0 aromatic carbocycles. The summed E-state index contributed by atoms with van der Waals surface area (Å²) in [5, 5.41) is 11.6. The van der Waals surface area contributed by atoms with Crippen LogP contribution in [0, 0.1) is 5.41 Å². The summed E-state index contributed by atoms with van der Waals surface area (Å²) in [5.41, 5.74) is 5.82. The number of ether oxygens (including phenoxy) is 1. The number of nitrogens with zero attached hydrogens (tertiary/aromatic N) is 2. The Morgan fingerprint density at radius 3 is 2.75 bits per heavy atom. The van der Waals surface area contributed by atoms with Crippen molar-refractivity contribution in [2.75, 3.05) is 33.9 Å². The highest BCUT2D eigenvalue weighted by atomic mass is 16.5. The molecular weight excluding hydrogens is 206 g/mol. The summed E-state index contributed by atoms with van der Waals surface area (Å²) < 4.78 is 5.02. The van der Waals surface area contributed by atoms with Gasteiger partial charge in [0.15, 0.2) is 0 Å². The van der Waals surface area contributed by atoms with Gasteiger partial charge in [-0.1, -0.05) is 5.16 Å². The van der Waals surface area contributed by atoms with Gasteiger partial charge in [-0.25, -0.2) is 0 Å². The Balaban J connectivity index is 2.24. The van der Waals surface area contributed by atoms with Crippen molar-refractivity contribution in [2.24, 2.45) is 16.3 Å². The smallest absolute Gasteiger partial charge is 0.139 e. The van der Waals surface area contributed by atoms with E-state index in [1.807, 2.05) is 0 Å². The van der Waals surface area contributed by atoms with Crippen LogP contribution in [0.25, 0.3) is 0 Å². The van der Waals surface area contributed by atoms with Gasteiger partial charge in [0.05, 0.1) is 0 Å². The maximum absolute atomic E-state index is 8.57. The molecule has 0 bridgehead atoms. The Labute approximate surface area is 97.2 Å². The minimum Gasteiger partial charge on any atom is -0.409 e. The number of rotatable bonds is 8. The Hall–Kier alpha value is -0.810. The fourth-order valence-corrected chi connectivity index (χ4v) is 2.12. The number of oxime groups is 1. The Kier molecular flexibility index (Phi) is 5.02. The monoisotopic (exact) mass is 229 g/mol. The zero-order valence-corrected chi connectivity index (χ0v) is 10.3. The molecule has 0 atom stereocenters. The second-order valence-electron chi connectivity index (χ2n) is 4.85. The van der Waals surface area contributed by atoms with Crippen LogP contribution in [0.3, 0.4) is 0 Å². The molecule has 5 nitrogen and oxygen atoms in total. The molecule has 5 heteroatoms. The number of nitrogens with two attached hydrogens (primary N) is 1. The van der Waals surface area contributed by atoms with Gasteiger partial charge in [0, 0.05) is 33.2 Å². The maximum Gasteiger partial charge on any atom is 0.139 e. The molecule has 1 fully saturated rings. The Morgan fingerprint density at radius 2 is 2.25 bits per heavy atom. The first-order valence-corrected chi connectivity index (χ1v) is 5.76. The zero-order chi connectivity index (χ0) is 12.0. The first-order valence-electron chi connectivity index (χ1n) is 5.76. The topological polar surface area (TPSA) is 71.1 Å². The Morgan fingerprint density at radius 1 is 1.56 bits per heavy atom. The second kappa shape index (κ2) is 6.06. The van der Waals surface area contributed by atoms with E-state index in [1.54, 1.807) is 7.11 Å². The van der Waals surface area contributed by atoms with Crippen molar-refractivity contribution < 1.29 is 9.94 Å². The van der Waals surface area contributed by atoms with Gasteiger partial charge in [0.25, 0.3) is 0 Å². The van der Waals surface area contributed by atoms with Crippen molar-refractivity contribution in [3.05, 3.63) is 0 Å². The quantitative estimate of drug-likeness (QED) is 0.213. The van der Waals surface area contributed by atoms with Crippen molar-refractivity contribution in [3.63, 3.8) is 0 Å². The SMILES string of the molecule is COCCCN(C)CC1(CC(N)=NO)CC1. The highest BCUT2D eigenvalue weighted by molar-refractivity contribution is 5.80. The molecule has 0 aliphatic heterocycles. The summed E-state index contributed by atoms with van der Waals surface area (Å²) in [6.45, 7) is 2.86. The molecular formula is C11H23N3O2. The predicted molar refractivity (Wildman–Crippen MR) is 63.7 cm³/mol. The minimum absolute atomic E-state index is 0.262. The molecule has 0 unspecified atom stereocenters. The second-order valence-corrected chi connectivity index (χ2v) is 4.85. The van der Waals surface area contributed by atoms with Gasteiger partial charge in [-0.3, -0.25) is 0 Å².